The summed E-state index contributed by atoms with van der Waals surface area (Å²) in [6, 6.07) is 0. The Hall–Kier alpha value is -1.16. The van der Waals surface area contributed by atoms with Gasteiger partial charge in [0.15, 0.2) is 0 Å². The third kappa shape index (κ3) is 3.47. The first-order valence-electron chi connectivity index (χ1n) is 5.18. The number of aromatic nitrogens is 2. The quantitative estimate of drug-likeness (QED) is 0.802. The van der Waals surface area contributed by atoms with Gasteiger partial charge in [-0.2, -0.15) is 0 Å². The second-order valence-electron chi connectivity index (χ2n) is 4.73. The van der Waals surface area contributed by atoms with Crippen LogP contribution in [0.4, 0.5) is 0 Å². The molecule has 1 rings (SSSR count). The predicted octanol–water partition coefficient (Wildman–Crippen LogP) is 0.927. The Balaban J connectivity index is 2.73. The molecule has 4 nitrogen and oxygen atoms in total. The highest BCUT2D eigenvalue weighted by Crippen LogP contribution is 2.18. The number of aryl methyl sites for hydroxylation is 2. The van der Waals surface area contributed by atoms with Gasteiger partial charge in [0.25, 0.3) is 0 Å². The molecule has 0 aliphatic rings. The molecular formula is C11H19N3O. The lowest BCUT2D eigenvalue weighted by atomic mass is 9.90. The maximum absolute atomic E-state index is 11.4. The summed E-state index contributed by atoms with van der Waals surface area (Å²) in [6.45, 7) is 7.43. The molecule has 15 heavy (non-hydrogen) atoms. The number of nitrogens with two attached hydrogens (primary N) is 1. The van der Waals surface area contributed by atoms with E-state index in [2.05, 4.69) is 18.8 Å². The average molecular weight is 209 g/mol. The molecule has 0 spiro atoms. The van der Waals surface area contributed by atoms with Gasteiger partial charge in [0.2, 0.25) is 0 Å². The summed E-state index contributed by atoms with van der Waals surface area (Å²) in [4.78, 5) is 15.2. The van der Waals surface area contributed by atoms with Crippen molar-refractivity contribution in [1.29, 1.82) is 0 Å². The molecule has 0 saturated carbocycles. The molecule has 0 saturated heterocycles. The normalized spacial score (nSPS) is 11.7. The molecule has 1 aromatic heterocycles. The summed E-state index contributed by atoms with van der Waals surface area (Å²) in [5.74, 6) is 0. The van der Waals surface area contributed by atoms with Gasteiger partial charge in [0.1, 0.15) is 0 Å². The van der Waals surface area contributed by atoms with Crippen molar-refractivity contribution in [3.63, 3.8) is 0 Å². The number of hydrogen-bond acceptors (Lipinski definition) is 3. The Morgan fingerprint density at radius 3 is 2.80 bits per heavy atom. The Bertz CT molecular complexity index is 382. The minimum atomic E-state index is -0.187. The average Bonchev–Trinajstić information content (AvgIpc) is 2.20. The van der Waals surface area contributed by atoms with Gasteiger partial charge in [-0.15, -0.1) is 0 Å². The van der Waals surface area contributed by atoms with Crippen LogP contribution in [0.25, 0.3) is 0 Å². The van der Waals surface area contributed by atoms with Crippen LogP contribution in [0.3, 0.4) is 0 Å². The second kappa shape index (κ2) is 4.57. The molecule has 0 radical (unpaired) electrons. The summed E-state index contributed by atoms with van der Waals surface area (Å²) in [7, 11) is 0. The first-order valence-corrected chi connectivity index (χ1v) is 5.18. The van der Waals surface area contributed by atoms with Crippen LogP contribution in [0.2, 0.25) is 0 Å². The zero-order valence-electron chi connectivity index (χ0n) is 9.66. The van der Waals surface area contributed by atoms with Crippen LogP contribution in [-0.2, 0) is 6.54 Å². The minimum absolute atomic E-state index is 0.0726. The monoisotopic (exact) mass is 209 g/mol. The fourth-order valence-corrected chi connectivity index (χ4v) is 1.25. The molecule has 84 valence electrons. The topological polar surface area (TPSA) is 60.9 Å². The lowest BCUT2D eigenvalue weighted by molar-refractivity contribution is 0.321. The Morgan fingerprint density at radius 2 is 2.20 bits per heavy atom. The van der Waals surface area contributed by atoms with E-state index in [-0.39, 0.29) is 11.1 Å². The van der Waals surface area contributed by atoms with Crippen LogP contribution in [0.5, 0.6) is 0 Å². The van der Waals surface area contributed by atoms with Crippen LogP contribution >= 0.6 is 0 Å². The van der Waals surface area contributed by atoms with E-state index in [1.807, 2.05) is 13.1 Å². The molecule has 0 fully saturated rings. The standard InChI is InChI=1S/C11H19N3O/c1-9-6-13-10(15)14(7-9)5-4-11(2,3)8-12/h6-7H,4-5,8,12H2,1-3H3. The third-order valence-corrected chi connectivity index (χ3v) is 2.57. The van der Waals surface area contributed by atoms with Gasteiger partial charge >= 0.3 is 5.69 Å². The van der Waals surface area contributed by atoms with Crippen LogP contribution < -0.4 is 11.4 Å². The van der Waals surface area contributed by atoms with E-state index in [0.717, 1.165) is 12.0 Å². The van der Waals surface area contributed by atoms with Crippen molar-refractivity contribution in [2.24, 2.45) is 11.1 Å². The molecule has 4 heteroatoms. The third-order valence-electron chi connectivity index (χ3n) is 2.57. The van der Waals surface area contributed by atoms with Crippen molar-refractivity contribution >= 4 is 0 Å². The van der Waals surface area contributed by atoms with Crippen molar-refractivity contribution in [2.45, 2.75) is 33.7 Å². The number of hydrogen-bond donors (Lipinski definition) is 1. The fraction of sp³-hybridized carbons (Fsp3) is 0.636. The van der Waals surface area contributed by atoms with Crippen molar-refractivity contribution in [2.75, 3.05) is 6.54 Å². The van der Waals surface area contributed by atoms with Gasteiger partial charge in [-0.1, -0.05) is 13.8 Å². The van der Waals surface area contributed by atoms with Gasteiger partial charge in [-0.25, -0.2) is 9.78 Å². The molecule has 0 bridgehead atoms. The molecule has 0 amide bonds. The lowest BCUT2D eigenvalue weighted by Gasteiger charge is -2.22. The van der Waals surface area contributed by atoms with Gasteiger partial charge in [0, 0.05) is 18.9 Å². The molecule has 0 aromatic carbocycles. The molecule has 2 N–H and O–H groups in total. The van der Waals surface area contributed by atoms with E-state index in [1.165, 1.54) is 0 Å². The molecule has 0 atom stereocenters. The van der Waals surface area contributed by atoms with Crippen LogP contribution in [0.1, 0.15) is 25.8 Å². The molecule has 1 aromatic rings. The van der Waals surface area contributed by atoms with E-state index in [0.29, 0.717) is 13.1 Å². The van der Waals surface area contributed by atoms with E-state index in [9.17, 15) is 4.79 Å². The van der Waals surface area contributed by atoms with Crippen molar-refractivity contribution in [1.82, 2.24) is 9.55 Å². The van der Waals surface area contributed by atoms with Crippen molar-refractivity contribution in [3.05, 3.63) is 28.4 Å². The van der Waals surface area contributed by atoms with Crippen LogP contribution in [0, 0.1) is 12.3 Å². The predicted molar refractivity (Wildman–Crippen MR) is 60.7 cm³/mol. The SMILES string of the molecule is Cc1cnc(=O)n(CCC(C)(C)CN)c1. The molecule has 1 heterocycles. The number of rotatable bonds is 4. The van der Waals surface area contributed by atoms with E-state index < -0.39 is 0 Å². The van der Waals surface area contributed by atoms with Gasteiger partial charge in [-0.05, 0) is 30.9 Å². The van der Waals surface area contributed by atoms with Gasteiger partial charge in [0.05, 0.1) is 0 Å². The zero-order valence-corrected chi connectivity index (χ0v) is 9.66. The van der Waals surface area contributed by atoms with Crippen molar-refractivity contribution < 1.29 is 0 Å². The van der Waals surface area contributed by atoms with Crippen LogP contribution in [-0.4, -0.2) is 16.1 Å². The summed E-state index contributed by atoms with van der Waals surface area (Å²) in [5.41, 5.74) is 6.52. The first-order chi connectivity index (χ1) is 6.94. The Labute approximate surface area is 90.1 Å². The summed E-state index contributed by atoms with van der Waals surface area (Å²) in [6.07, 6.45) is 4.31. The zero-order chi connectivity index (χ0) is 11.5. The first kappa shape index (κ1) is 11.9. The molecule has 0 aliphatic heterocycles. The Kier molecular flexibility index (Phi) is 3.63. The second-order valence-corrected chi connectivity index (χ2v) is 4.73. The van der Waals surface area contributed by atoms with E-state index in [1.54, 1.807) is 10.8 Å². The maximum Gasteiger partial charge on any atom is 0.347 e. The summed E-state index contributed by atoms with van der Waals surface area (Å²) in [5, 5.41) is 0. The molecule has 0 aliphatic carbocycles. The van der Waals surface area contributed by atoms with Gasteiger partial charge in [-0.3, -0.25) is 4.57 Å². The highest BCUT2D eigenvalue weighted by molar-refractivity contribution is 4.99. The summed E-state index contributed by atoms with van der Waals surface area (Å²) < 4.78 is 1.65. The molecular weight excluding hydrogens is 190 g/mol. The van der Waals surface area contributed by atoms with Crippen molar-refractivity contribution in [3.8, 4) is 0 Å². The van der Waals surface area contributed by atoms with E-state index >= 15 is 0 Å². The smallest absolute Gasteiger partial charge is 0.330 e. The Morgan fingerprint density at radius 1 is 1.53 bits per heavy atom. The lowest BCUT2D eigenvalue weighted by Crippen LogP contribution is -2.29. The number of nitrogens with zero attached hydrogens (tertiary/aromatic N) is 2. The minimum Gasteiger partial charge on any atom is -0.330 e. The molecule has 0 unspecified atom stereocenters. The highest BCUT2D eigenvalue weighted by Gasteiger charge is 2.15. The van der Waals surface area contributed by atoms with Crippen LogP contribution in [0.15, 0.2) is 17.2 Å². The maximum atomic E-state index is 11.4. The fourth-order valence-electron chi connectivity index (χ4n) is 1.25. The van der Waals surface area contributed by atoms with E-state index in [4.69, 9.17) is 5.73 Å². The van der Waals surface area contributed by atoms with Gasteiger partial charge < -0.3 is 5.73 Å². The largest absolute Gasteiger partial charge is 0.347 e. The highest BCUT2D eigenvalue weighted by atomic mass is 16.1. The summed E-state index contributed by atoms with van der Waals surface area (Å²) >= 11 is 0.